The minimum absolute atomic E-state index is 0.0740. The van der Waals surface area contributed by atoms with Gasteiger partial charge in [0.15, 0.2) is 0 Å². The summed E-state index contributed by atoms with van der Waals surface area (Å²) in [7, 11) is 0. The summed E-state index contributed by atoms with van der Waals surface area (Å²) in [4.78, 5) is 14.7. The van der Waals surface area contributed by atoms with Crippen LogP contribution in [-0.4, -0.2) is 28.8 Å². The van der Waals surface area contributed by atoms with E-state index in [1.165, 1.54) is 10.8 Å². The van der Waals surface area contributed by atoms with Crippen molar-refractivity contribution in [2.75, 3.05) is 13.1 Å². The first-order valence-electron chi connectivity index (χ1n) is 4.69. The predicted octanol–water partition coefficient (Wildman–Crippen LogP) is 0.704. The molecule has 0 fully saturated rings. The molecule has 90 valence electrons. The van der Waals surface area contributed by atoms with Crippen molar-refractivity contribution in [3.8, 4) is 0 Å². The summed E-state index contributed by atoms with van der Waals surface area (Å²) in [5.41, 5.74) is 0.329. The van der Waals surface area contributed by atoms with Crippen LogP contribution in [-0.2, 0) is 6.54 Å². The van der Waals surface area contributed by atoms with Crippen LogP contribution in [0.5, 0.6) is 0 Å². The van der Waals surface area contributed by atoms with E-state index in [0.717, 1.165) is 5.56 Å². The molecule has 0 aromatic carbocycles. The Bertz CT molecular complexity index is 400. The lowest BCUT2D eigenvalue weighted by atomic mass is 10.4. The molecule has 0 amide bonds. The predicted molar refractivity (Wildman–Crippen MR) is 52.2 cm³/mol. The van der Waals surface area contributed by atoms with E-state index in [4.69, 9.17) is 0 Å². The van der Waals surface area contributed by atoms with Gasteiger partial charge in [-0.2, -0.15) is 13.2 Å². The molecular formula is C9H12F3N3O. The van der Waals surface area contributed by atoms with E-state index in [1.807, 2.05) is 0 Å². The van der Waals surface area contributed by atoms with Gasteiger partial charge in [0.25, 0.3) is 0 Å². The van der Waals surface area contributed by atoms with E-state index in [0.29, 0.717) is 0 Å². The van der Waals surface area contributed by atoms with Crippen LogP contribution in [0.2, 0.25) is 0 Å². The Hall–Kier alpha value is -1.37. The van der Waals surface area contributed by atoms with Crippen LogP contribution in [0.25, 0.3) is 0 Å². The first-order chi connectivity index (χ1) is 7.38. The first kappa shape index (κ1) is 12.7. The standard InChI is InChI=1S/C9H12F3N3O/c1-7-4-14-8(16)15(5-7)3-2-13-6-9(10,11)12/h4-5,13H,2-3,6H2,1H3. The van der Waals surface area contributed by atoms with Gasteiger partial charge in [0, 0.05) is 25.5 Å². The van der Waals surface area contributed by atoms with E-state index < -0.39 is 18.4 Å². The molecule has 0 aliphatic rings. The van der Waals surface area contributed by atoms with Crippen molar-refractivity contribution in [1.29, 1.82) is 0 Å². The second-order valence-corrected chi connectivity index (χ2v) is 3.40. The van der Waals surface area contributed by atoms with E-state index in [2.05, 4.69) is 10.3 Å². The van der Waals surface area contributed by atoms with Crippen LogP contribution < -0.4 is 11.0 Å². The van der Waals surface area contributed by atoms with Crippen molar-refractivity contribution >= 4 is 0 Å². The molecule has 0 saturated heterocycles. The first-order valence-corrected chi connectivity index (χ1v) is 4.69. The summed E-state index contributed by atoms with van der Waals surface area (Å²) in [6.45, 7) is 0.946. The molecule has 7 heteroatoms. The summed E-state index contributed by atoms with van der Waals surface area (Å²) in [6.07, 6.45) is -1.25. The molecule has 0 aliphatic carbocycles. The number of hydrogen-bond acceptors (Lipinski definition) is 3. The van der Waals surface area contributed by atoms with E-state index in [1.54, 1.807) is 13.1 Å². The molecule has 0 spiro atoms. The molecule has 1 N–H and O–H groups in total. The summed E-state index contributed by atoms with van der Waals surface area (Å²) >= 11 is 0. The van der Waals surface area contributed by atoms with Crippen LogP contribution in [0.3, 0.4) is 0 Å². The molecule has 0 saturated carbocycles. The second kappa shape index (κ2) is 5.11. The van der Waals surface area contributed by atoms with Crippen molar-refractivity contribution in [2.45, 2.75) is 19.6 Å². The molecule has 0 atom stereocenters. The maximum Gasteiger partial charge on any atom is 0.401 e. The molecule has 0 bridgehead atoms. The fourth-order valence-electron chi connectivity index (χ4n) is 1.16. The van der Waals surface area contributed by atoms with Gasteiger partial charge in [-0.05, 0) is 12.5 Å². The van der Waals surface area contributed by atoms with Crippen molar-refractivity contribution in [2.24, 2.45) is 0 Å². The molecular weight excluding hydrogens is 223 g/mol. The molecule has 1 rings (SSSR count). The fraction of sp³-hybridized carbons (Fsp3) is 0.556. The summed E-state index contributed by atoms with van der Waals surface area (Å²) in [5.74, 6) is 0. The van der Waals surface area contributed by atoms with Crippen LogP contribution in [0, 0.1) is 6.92 Å². The third-order valence-corrected chi connectivity index (χ3v) is 1.84. The highest BCUT2D eigenvalue weighted by Gasteiger charge is 2.25. The van der Waals surface area contributed by atoms with Gasteiger partial charge in [-0.3, -0.25) is 4.57 Å². The quantitative estimate of drug-likeness (QED) is 0.781. The number of rotatable bonds is 4. The Balaban J connectivity index is 2.43. The molecule has 16 heavy (non-hydrogen) atoms. The van der Waals surface area contributed by atoms with Crippen molar-refractivity contribution in [1.82, 2.24) is 14.9 Å². The van der Waals surface area contributed by atoms with Gasteiger partial charge >= 0.3 is 11.9 Å². The van der Waals surface area contributed by atoms with E-state index >= 15 is 0 Å². The Labute approximate surface area is 90.1 Å². The maximum atomic E-state index is 11.8. The highest BCUT2D eigenvalue weighted by atomic mass is 19.4. The molecule has 0 unspecified atom stereocenters. The average molecular weight is 235 g/mol. The zero-order chi connectivity index (χ0) is 12.2. The fourth-order valence-corrected chi connectivity index (χ4v) is 1.16. The summed E-state index contributed by atoms with van der Waals surface area (Å²) in [5, 5.41) is 2.21. The molecule has 1 aromatic rings. The van der Waals surface area contributed by atoms with Gasteiger partial charge in [0.1, 0.15) is 0 Å². The van der Waals surface area contributed by atoms with Gasteiger partial charge in [0.05, 0.1) is 6.54 Å². The highest BCUT2D eigenvalue weighted by Crippen LogP contribution is 2.11. The largest absolute Gasteiger partial charge is 0.401 e. The van der Waals surface area contributed by atoms with Gasteiger partial charge < -0.3 is 5.32 Å². The SMILES string of the molecule is Cc1cnc(=O)n(CCNCC(F)(F)F)c1. The Kier molecular flexibility index (Phi) is 4.05. The van der Waals surface area contributed by atoms with Crippen molar-refractivity contribution < 1.29 is 13.2 Å². The average Bonchev–Trinajstić information content (AvgIpc) is 2.16. The van der Waals surface area contributed by atoms with Crippen molar-refractivity contribution in [3.63, 3.8) is 0 Å². The van der Waals surface area contributed by atoms with Gasteiger partial charge in [-0.15, -0.1) is 0 Å². The van der Waals surface area contributed by atoms with Crippen LogP contribution in [0.15, 0.2) is 17.2 Å². The normalized spacial score (nSPS) is 11.8. The number of aryl methyl sites for hydroxylation is 1. The van der Waals surface area contributed by atoms with Crippen LogP contribution >= 0.6 is 0 Å². The molecule has 0 radical (unpaired) electrons. The number of nitrogens with zero attached hydrogens (tertiary/aromatic N) is 2. The van der Waals surface area contributed by atoms with Gasteiger partial charge in [-0.25, -0.2) is 9.78 Å². The Morgan fingerprint density at radius 2 is 2.19 bits per heavy atom. The topological polar surface area (TPSA) is 46.9 Å². The lowest BCUT2D eigenvalue weighted by Crippen LogP contribution is -2.33. The maximum absolute atomic E-state index is 11.8. The minimum Gasteiger partial charge on any atom is -0.307 e. The van der Waals surface area contributed by atoms with Crippen LogP contribution in [0.1, 0.15) is 5.56 Å². The number of nitrogens with one attached hydrogen (secondary N) is 1. The minimum atomic E-state index is -4.23. The summed E-state index contributed by atoms with van der Waals surface area (Å²) in [6, 6.07) is 0. The second-order valence-electron chi connectivity index (χ2n) is 3.40. The van der Waals surface area contributed by atoms with E-state index in [9.17, 15) is 18.0 Å². The molecule has 1 aromatic heterocycles. The van der Waals surface area contributed by atoms with E-state index in [-0.39, 0.29) is 13.1 Å². The number of halogens is 3. The number of hydrogen-bond donors (Lipinski definition) is 1. The molecule has 4 nitrogen and oxygen atoms in total. The highest BCUT2D eigenvalue weighted by molar-refractivity contribution is 4.99. The lowest BCUT2D eigenvalue weighted by molar-refractivity contribution is -0.124. The lowest BCUT2D eigenvalue weighted by Gasteiger charge is -2.09. The Morgan fingerprint density at radius 3 is 2.81 bits per heavy atom. The van der Waals surface area contributed by atoms with Gasteiger partial charge in [-0.1, -0.05) is 0 Å². The van der Waals surface area contributed by atoms with Gasteiger partial charge in [0.2, 0.25) is 0 Å². The van der Waals surface area contributed by atoms with Crippen LogP contribution in [0.4, 0.5) is 13.2 Å². The summed E-state index contributed by atoms with van der Waals surface area (Å²) < 4.78 is 36.6. The molecule has 0 aliphatic heterocycles. The van der Waals surface area contributed by atoms with Crippen molar-refractivity contribution in [3.05, 3.63) is 28.4 Å². The molecule has 1 heterocycles. The zero-order valence-electron chi connectivity index (χ0n) is 8.71. The number of aromatic nitrogens is 2. The number of alkyl halides is 3. The zero-order valence-corrected chi connectivity index (χ0v) is 8.71. The third-order valence-electron chi connectivity index (χ3n) is 1.84. The monoisotopic (exact) mass is 235 g/mol. The smallest absolute Gasteiger partial charge is 0.307 e. The Morgan fingerprint density at radius 1 is 1.50 bits per heavy atom. The third kappa shape index (κ3) is 4.43.